The minimum Gasteiger partial charge on any atom is -0.459 e. The van der Waals surface area contributed by atoms with E-state index in [1.807, 2.05) is 37.3 Å². The van der Waals surface area contributed by atoms with Crippen molar-refractivity contribution in [3.8, 4) is 11.1 Å². The quantitative estimate of drug-likeness (QED) is 0.898. The van der Waals surface area contributed by atoms with E-state index < -0.39 is 0 Å². The topological polar surface area (TPSA) is 51.5 Å². The van der Waals surface area contributed by atoms with E-state index in [0.717, 1.165) is 11.1 Å². The van der Waals surface area contributed by atoms with Crippen molar-refractivity contribution >= 4 is 5.91 Å². The van der Waals surface area contributed by atoms with E-state index in [1.54, 1.807) is 13.2 Å². The first kappa shape index (κ1) is 13.4. The first-order valence-corrected chi connectivity index (χ1v) is 6.15. The maximum atomic E-state index is 12.1. The van der Waals surface area contributed by atoms with Crippen molar-refractivity contribution in [2.75, 3.05) is 13.7 Å². The molecule has 1 atom stereocenters. The molecule has 1 aromatic heterocycles. The van der Waals surface area contributed by atoms with Gasteiger partial charge in [-0.15, -0.1) is 0 Å². The number of ether oxygens (including phenoxy) is 1. The Hall–Kier alpha value is -2.07. The summed E-state index contributed by atoms with van der Waals surface area (Å²) in [5.74, 6) is 0.0996. The van der Waals surface area contributed by atoms with Gasteiger partial charge in [-0.2, -0.15) is 0 Å². The van der Waals surface area contributed by atoms with Crippen molar-refractivity contribution in [2.24, 2.45) is 0 Å². The number of benzene rings is 1. The fourth-order valence-electron chi connectivity index (χ4n) is 1.91. The summed E-state index contributed by atoms with van der Waals surface area (Å²) >= 11 is 0. The Morgan fingerprint density at radius 2 is 2.05 bits per heavy atom. The summed E-state index contributed by atoms with van der Waals surface area (Å²) in [5, 5.41) is 2.84. The molecule has 1 heterocycles. The van der Waals surface area contributed by atoms with E-state index in [1.165, 1.54) is 6.26 Å². The highest BCUT2D eigenvalue weighted by Gasteiger charge is 2.18. The molecule has 0 aliphatic rings. The van der Waals surface area contributed by atoms with Gasteiger partial charge in [-0.3, -0.25) is 4.79 Å². The van der Waals surface area contributed by atoms with E-state index in [-0.39, 0.29) is 11.9 Å². The van der Waals surface area contributed by atoms with Gasteiger partial charge in [0.25, 0.3) is 5.91 Å². The molecule has 0 fully saturated rings. The number of nitrogens with one attached hydrogen (secondary N) is 1. The van der Waals surface area contributed by atoms with Crippen LogP contribution in [0.15, 0.2) is 47.1 Å². The zero-order valence-electron chi connectivity index (χ0n) is 11.1. The number of methoxy groups -OCH3 is 1. The number of amides is 1. The summed E-state index contributed by atoms with van der Waals surface area (Å²) in [5.41, 5.74) is 1.75. The van der Waals surface area contributed by atoms with Crippen LogP contribution in [-0.2, 0) is 4.74 Å². The van der Waals surface area contributed by atoms with Crippen LogP contribution >= 0.6 is 0 Å². The van der Waals surface area contributed by atoms with E-state index in [0.29, 0.717) is 12.4 Å². The zero-order valence-corrected chi connectivity index (χ0v) is 11.1. The van der Waals surface area contributed by atoms with Crippen LogP contribution in [-0.4, -0.2) is 25.7 Å². The summed E-state index contributed by atoms with van der Waals surface area (Å²) in [7, 11) is 1.60. The number of hydrogen-bond acceptors (Lipinski definition) is 3. The Balaban J connectivity index is 2.18. The van der Waals surface area contributed by atoms with Crippen LogP contribution in [0.25, 0.3) is 11.1 Å². The molecule has 0 aliphatic carbocycles. The largest absolute Gasteiger partial charge is 0.459 e. The first-order valence-electron chi connectivity index (χ1n) is 6.15. The van der Waals surface area contributed by atoms with Crippen molar-refractivity contribution in [1.29, 1.82) is 0 Å². The molecular formula is C15H17NO3. The fourth-order valence-corrected chi connectivity index (χ4v) is 1.91. The molecule has 0 bridgehead atoms. The smallest absolute Gasteiger partial charge is 0.287 e. The summed E-state index contributed by atoms with van der Waals surface area (Å²) in [6.45, 7) is 2.35. The highest BCUT2D eigenvalue weighted by atomic mass is 16.5. The van der Waals surface area contributed by atoms with Gasteiger partial charge in [-0.25, -0.2) is 0 Å². The summed E-state index contributed by atoms with van der Waals surface area (Å²) in [4.78, 5) is 12.1. The summed E-state index contributed by atoms with van der Waals surface area (Å²) < 4.78 is 10.3. The lowest BCUT2D eigenvalue weighted by Crippen LogP contribution is -2.35. The Morgan fingerprint density at radius 3 is 2.74 bits per heavy atom. The maximum Gasteiger partial charge on any atom is 0.287 e. The molecule has 0 aliphatic heterocycles. The van der Waals surface area contributed by atoms with Crippen molar-refractivity contribution in [3.05, 3.63) is 48.4 Å². The molecule has 0 radical (unpaired) electrons. The van der Waals surface area contributed by atoms with Gasteiger partial charge >= 0.3 is 0 Å². The lowest BCUT2D eigenvalue weighted by molar-refractivity contribution is 0.0879. The highest BCUT2D eigenvalue weighted by Crippen LogP contribution is 2.24. The normalized spacial score (nSPS) is 12.1. The summed E-state index contributed by atoms with van der Waals surface area (Å²) in [6.07, 6.45) is 1.53. The third-order valence-electron chi connectivity index (χ3n) is 2.75. The molecule has 1 amide bonds. The molecule has 19 heavy (non-hydrogen) atoms. The standard InChI is InChI=1S/C15H17NO3/c1-11(10-18-2)16-15(17)14-13(8-9-19-14)12-6-4-3-5-7-12/h3-9,11H,10H2,1-2H3,(H,16,17)/t11-/m1/s1. The number of hydrogen-bond donors (Lipinski definition) is 1. The van der Waals surface area contributed by atoms with Crippen molar-refractivity contribution in [2.45, 2.75) is 13.0 Å². The molecule has 0 unspecified atom stereocenters. The van der Waals surface area contributed by atoms with Gasteiger partial charge in [0.15, 0.2) is 5.76 Å². The zero-order chi connectivity index (χ0) is 13.7. The van der Waals surface area contributed by atoms with Gasteiger partial charge in [-0.05, 0) is 18.6 Å². The number of rotatable bonds is 5. The van der Waals surface area contributed by atoms with Crippen LogP contribution in [0, 0.1) is 0 Å². The van der Waals surface area contributed by atoms with Crippen molar-refractivity contribution < 1.29 is 13.9 Å². The Morgan fingerprint density at radius 1 is 1.32 bits per heavy atom. The fraction of sp³-hybridized carbons (Fsp3) is 0.267. The molecule has 100 valence electrons. The monoisotopic (exact) mass is 259 g/mol. The molecule has 4 heteroatoms. The van der Waals surface area contributed by atoms with Crippen LogP contribution < -0.4 is 5.32 Å². The lowest BCUT2D eigenvalue weighted by atomic mass is 10.1. The molecule has 4 nitrogen and oxygen atoms in total. The van der Waals surface area contributed by atoms with Gasteiger partial charge < -0.3 is 14.5 Å². The average Bonchev–Trinajstić information content (AvgIpc) is 2.89. The van der Waals surface area contributed by atoms with E-state index >= 15 is 0 Å². The molecule has 0 saturated heterocycles. The van der Waals surface area contributed by atoms with E-state index in [9.17, 15) is 4.79 Å². The predicted octanol–water partition coefficient (Wildman–Crippen LogP) is 2.71. The van der Waals surface area contributed by atoms with Gasteiger partial charge in [0, 0.05) is 18.7 Å². The first-order chi connectivity index (χ1) is 9.22. The molecule has 1 N–H and O–H groups in total. The lowest BCUT2D eigenvalue weighted by Gasteiger charge is -2.12. The van der Waals surface area contributed by atoms with Crippen LogP contribution in [0.2, 0.25) is 0 Å². The third kappa shape index (κ3) is 3.23. The van der Waals surface area contributed by atoms with Gasteiger partial charge in [0.05, 0.1) is 12.9 Å². The second kappa shape index (κ2) is 6.20. The number of carbonyl (C=O) groups excluding carboxylic acids is 1. The Bertz CT molecular complexity index is 533. The summed E-state index contributed by atoms with van der Waals surface area (Å²) in [6, 6.07) is 11.4. The highest BCUT2D eigenvalue weighted by molar-refractivity contribution is 5.98. The Labute approximate surface area is 112 Å². The molecule has 1 aromatic carbocycles. The molecule has 0 saturated carbocycles. The number of furan rings is 1. The van der Waals surface area contributed by atoms with Gasteiger partial charge in [0.2, 0.25) is 0 Å². The van der Waals surface area contributed by atoms with E-state index in [2.05, 4.69) is 5.32 Å². The van der Waals surface area contributed by atoms with Crippen LogP contribution in [0.5, 0.6) is 0 Å². The van der Waals surface area contributed by atoms with Crippen LogP contribution in [0.4, 0.5) is 0 Å². The Kier molecular flexibility index (Phi) is 4.36. The second-order valence-electron chi connectivity index (χ2n) is 4.36. The third-order valence-corrected chi connectivity index (χ3v) is 2.75. The maximum absolute atomic E-state index is 12.1. The predicted molar refractivity (Wildman–Crippen MR) is 72.9 cm³/mol. The van der Waals surface area contributed by atoms with Crippen LogP contribution in [0.1, 0.15) is 17.5 Å². The van der Waals surface area contributed by atoms with Gasteiger partial charge in [-0.1, -0.05) is 30.3 Å². The molecule has 2 rings (SSSR count). The molecule has 0 spiro atoms. The molecular weight excluding hydrogens is 242 g/mol. The van der Waals surface area contributed by atoms with E-state index in [4.69, 9.17) is 9.15 Å². The average molecular weight is 259 g/mol. The minimum absolute atomic E-state index is 0.0637. The van der Waals surface area contributed by atoms with Crippen molar-refractivity contribution in [3.63, 3.8) is 0 Å². The van der Waals surface area contributed by atoms with Gasteiger partial charge in [0.1, 0.15) is 0 Å². The second-order valence-corrected chi connectivity index (χ2v) is 4.36. The molecule has 2 aromatic rings. The SMILES string of the molecule is COC[C@@H](C)NC(=O)c1occc1-c1ccccc1. The number of carbonyl (C=O) groups is 1. The minimum atomic E-state index is -0.228. The van der Waals surface area contributed by atoms with Crippen LogP contribution in [0.3, 0.4) is 0 Å². The van der Waals surface area contributed by atoms with Crippen molar-refractivity contribution in [1.82, 2.24) is 5.32 Å².